The Kier molecular flexibility index (Phi) is 7.17. The van der Waals surface area contributed by atoms with Crippen molar-refractivity contribution in [3.63, 3.8) is 0 Å². The van der Waals surface area contributed by atoms with Gasteiger partial charge in [-0.2, -0.15) is 5.26 Å². The number of anilines is 1. The molecule has 0 atom stereocenters. The Balaban J connectivity index is 1.57. The van der Waals surface area contributed by atoms with E-state index in [4.69, 9.17) is 5.26 Å². The summed E-state index contributed by atoms with van der Waals surface area (Å²) >= 11 is 0. The summed E-state index contributed by atoms with van der Waals surface area (Å²) in [6.07, 6.45) is 0.400. The molecule has 3 aromatic rings. The standard InChI is InChI=1S/C23H25N5O2/c1-2-27-20-12-7-6-11-19(20)26-21(27)17-25-22(29)13-14-23(30)28(16-8-15-24)18-9-4-3-5-10-18/h3-7,9-12H,2,8,13-14,16-17H2,1H3,(H,25,29). The van der Waals surface area contributed by atoms with Gasteiger partial charge in [-0.3, -0.25) is 9.59 Å². The molecule has 0 spiro atoms. The molecule has 7 heteroatoms. The summed E-state index contributed by atoms with van der Waals surface area (Å²) in [7, 11) is 0. The Morgan fingerprint density at radius 1 is 1.10 bits per heavy atom. The van der Waals surface area contributed by atoms with Crippen molar-refractivity contribution in [2.24, 2.45) is 0 Å². The number of para-hydroxylation sites is 3. The van der Waals surface area contributed by atoms with Crippen LogP contribution in [-0.2, 0) is 22.7 Å². The van der Waals surface area contributed by atoms with Crippen molar-refractivity contribution in [2.45, 2.75) is 39.3 Å². The molecule has 1 aromatic heterocycles. The number of amides is 2. The molecule has 1 heterocycles. The summed E-state index contributed by atoms with van der Waals surface area (Å²) in [5.41, 5.74) is 2.67. The molecule has 0 aliphatic heterocycles. The summed E-state index contributed by atoms with van der Waals surface area (Å²) in [6, 6.07) is 19.1. The van der Waals surface area contributed by atoms with Crippen molar-refractivity contribution in [3.8, 4) is 6.07 Å². The van der Waals surface area contributed by atoms with Crippen molar-refractivity contribution in [2.75, 3.05) is 11.4 Å². The minimum atomic E-state index is -0.202. The van der Waals surface area contributed by atoms with Crippen LogP contribution in [0.15, 0.2) is 54.6 Å². The molecule has 2 aromatic carbocycles. The van der Waals surface area contributed by atoms with Gasteiger partial charge in [0.05, 0.1) is 30.1 Å². The van der Waals surface area contributed by atoms with E-state index in [1.165, 1.54) is 0 Å². The number of carbonyl (C=O) groups excluding carboxylic acids is 2. The highest BCUT2D eigenvalue weighted by atomic mass is 16.2. The van der Waals surface area contributed by atoms with Crippen LogP contribution in [0.25, 0.3) is 11.0 Å². The highest BCUT2D eigenvalue weighted by Gasteiger charge is 2.17. The lowest BCUT2D eigenvalue weighted by Gasteiger charge is -2.21. The molecule has 0 fully saturated rings. The Hall–Kier alpha value is -3.66. The lowest BCUT2D eigenvalue weighted by Crippen LogP contribution is -2.33. The zero-order valence-corrected chi connectivity index (χ0v) is 17.0. The van der Waals surface area contributed by atoms with E-state index in [9.17, 15) is 9.59 Å². The summed E-state index contributed by atoms with van der Waals surface area (Å²) < 4.78 is 2.07. The molecule has 0 aliphatic carbocycles. The largest absolute Gasteiger partial charge is 0.349 e. The van der Waals surface area contributed by atoms with Crippen LogP contribution in [0.2, 0.25) is 0 Å². The molecule has 1 N–H and O–H groups in total. The van der Waals surface area contributed by atoms with Crippen LogP contribution in [0, 0.1) is 11.3 Å². The number of carbonyl (C=O) groups is 2. The van der Waals surface area contributed by atoms with Crippen LogP contribution >= 0.6 is 0 Å². The molecule has 7 nitrogen and oxygen atoms in total. The summed E-state index contributed by atoms with van der Waals surface area (Å²) in [4.78, 5) is 31.2. The first kappa shape index (κ1) is 21.1. The second kappa shape index (κ2) is 10.2. The number of nitriles is 1. The van der Waals surface area contributed by atoms with Gasteiger partial charge in [-0.1, -0.05) is 30.3 Å². The number of aromatic nitrogens is 2. The molecule has 3 rings (SSSR count). The van der Waals surface area contributed by atoms with Crippen LogP contribution in [0.3, 0.4) is 0 Å². The Labute approximate surface area is 175 Å². The lowest BCUT2D eigenvalue weighted by atomic mass is 10.2. The average Bonchev–Trinajstić information content (AvgIpc) is 3.14. The second-order valence-electron chi connectivity index (χ2n) is 6.83. The van der Waals surface area contributed by atoms with Crippen LogP contribution < -0.4 is 10.2 Å². The van der Waals surface area contributed by atoms with Crippen molar-refractivity contribution in [1.82, 2.24) is 14.9 Å². The Morgan fingerprint density at radius 2 is 1.83 bits per heavy atom. The molecule has 154 valence electrons. The predicted octanol–water partition coefficient (Wildman–Crippen LogP) is 3.40. The number of benzene rings is 2. The van der Waals surface area contributed by atoms with E-state index < -0.39 is 0 Å². The fourth-order valence-corrected chi connectivity index (χ4v) is 3.40. The number of nitrogens with one attached hydrogen (secondary N) is 1. The van der Waals surface area contributed by atoms with Gasteiger partial charge in [0.25, 0.3) is 0 Å². The average molecular weight is 403 g/mol. The highest BCUT2D eigenvalue weighted by molar-refractivity contribution is 5.95. The topological polar surface area (TPSA) is 91.0 Å². The molecule has 0 bridgehead atoms. The van der Waals surface area contributed by atoms with Gasteiger partial charge in [0.2, 0.25) is 11.8 Å². The number of rotatable bonds is 9. The third-order valence-corrected chi connectivity index (χ3v) is 4.88. The van der Waals surface area contributed by atoms with Gasteiger partial charge in [-0.05, 0) is 31.2 Å². The third kappa shape index (κ3) is 5.03. The Bertz CT molecular complexity index is 1050. The first-order chi connectivity index (χ1) is 14.6. The van der Waals surface area contributed by atoms with Crippen LogP contribution in [0.5, 0.6) is 0 Å². The fourth-order valence-electron chi connectivity index (χ4n) is 3.40. The van der Waals surface area contributed by atoms with E-state index in [0.29, 0.717) is 13.1 Å². The minimum absolute atomic E-state index is 0.0797. The fraction of sp³-hybridized carbons (Fsp3) is 0.304. The van der Waals surface area contributed by atoms with E-state index in [-0.39, 0.29) is 31.1 Å². The van der Waals surface area contributed by atoms with E-state index >= 15 is 0 Å². The van der Waals surface area contributed by atoms with Crippen molar-refractivity contribution >= 4 is 28.5 Å². The smallest absolute Gasteiger partial charge is 0.227 e. The summed E-state index contributed by atoms with van der Waals surface area (Å²) in [5.74, 6) is 0.414. The Morgan fingerprint density at radius 3 is 2.57 bits per heavy atom. The monoisotopic (exact) mass is 403 g/mol. The first-order valence-electron chi connectivity index (χ1n) is 10.1. The number of aryl methyl sites for hydroxylation is 1. The SMILES string of the molecule is CCn1c(CNC(=O)CCC(=O)N(CCC#N)c2ccccc2)nc2ccccc21. The number of hydrogen-bond donors (Lipinski definition) is 1. The molecule has 0 unspecified atom stereocenters. The van der Waals surface area contributed by atoms with Crippen molar-refractivity contribution < 1.29 is 9.59 Å². The second-order valence-corrected chi connectivity index (χ2v) is 6.83. The molecular weight excluding hydrogens is 378 g/mol. The van der Waals surface area contributed by atoms with Crippen LogP contribution in [-0.4, -0.2) is 27.9 Å². The van der Waals surface area contributed by atoms with Crippen molar-refractivity contribution in [1.29, 1.82) is 5.26 Å². The molecule has 2 amide bonds. The maximum atomic E-state index is 12.7. The van der Waals surface area contributed by atoms with Gasteiger partial charge in [-0.25, -0.2) is 4.98 Å². The first-order valence-corrected chi connectivity index (χ1v) is 10.1. The van der Waals surface area contributed by atoms with Gasteiger partial charge in [0.1, 0.15) is 5.82 Å². The van der Waals surface area contributed by atoms with Gasteiger partial charge >= 0.3 is 0 Å². The van der Waals surface area contributed by atoms with E-state index in [2.05, 4.69) is 20.9 Å². The maximum absolute atomic E-state index is 12.7. The highest BCUT2D eigenvalue weighted by Crippen LogP contribution is 2.17. The third-order valence-electron chi connectivity index (χ3n) is 4.88. The molecule has 30 heavy (non-hydrogen) atoms. The lowest BCUT2D eigenvalue weighted by molar-refractivity contribution is -0.125. The molecule has 0 saturated carbocycles. The van der Waals surface area contributed by atoms with Crippen molar-refractivity contribution in [3.05, 3.63) is 60.4 Å². The van der Waals surface area contributed by atoms with E-state index in [0.717, 1.165) is 29.1 Å². The van der Waals surface area contributed by atoms with Gasteiger partial charge < -0.3 is 14.8 Å². The zero-order chi connectivity index (χ0) is 21.3. The number of hydrogen-bond acceptors (Lipinski definition) is 4. The number of fused-ring (bicyclic) bond motifs is 1. The van der Waals surface area contributed by atoms with E-state index in [1.807, 2.05) is 61.5 Å². The quantitative estimate of drug-likeness (QED) is 0.593. The molecule has 0 radical (unpaired) electrons. The molecule has 0 saturated heterocycles. The predicted molar refractivity (Wildman–Crippen MR) is 116 cm³/mol. The number of imidazole rings is 1. The van der Waals surface area contributed by atoms with Gasteiger partial charge in [0.15, 0.2) is 0 Å². The summed E-state index contributed by atoms with van der Waals surface area (Å²) in [5, 5.41) is 11.7. The van der Waals surface area contributed by atoms with Crippen LogP contribution in [0.4, 0.5) is 5.69 Å². The number of nitrogens with zero attached hydrogens (tertiary/aromatic N) is 4. The van der Waals surface area contributed by atoms with E-state index in [1.54, 1.807) is 4.90 Å². The normalized spacial score (nSPS) is 10.5. The maximum Gasteiger partial charge on any atom is 0.227 e. The summed E-state index contributed by atoms with van der Waals surface area (Å²) in [6.45, 7) is 3.42. The van der Waals surface area contributed by atoms with Crippen LogP contribution in [0.1, 0.15) is 32.0 Å². The van der Waals surface area contributed by atoms with Gasteiger partial charge in [-0.15, -0.1) is 0 Å². The van der Waals surface area contributed by atoms with Gasteiger partial charge in [0, 0.05) is 31.6 Å². The minimum Gasteiger partial charge on any atom is -0.349 e. The zero-order valence-electron chi connectivity index (χ0n) is 17.0. The molecule has 0 aliphatic rings. The molecular formula is C23H25N5O2.